The molecular formula is C30H38N2O5. The van der Waals surface area contributed by atoms with Crippen molar-refractivity contribution < 1.29 is 23.8 Å². The first-order chi connectivity index (χ1) is 17.8. The molecule has 4 N–H and O–H groups in total. The molecule has 1 saturated carbocycles. The van der Waals surface area contributed by atoms with Gasteiger partial charge in [0, 0.05) is 30.0 Å². The summed E-state index contributed by atoms with van der Waals surface area (Å²) in [6.07, 6.45) is 10.5. The maximum Gasteiger partial charge on any atom is 0.338 e. The molecule has 0 radical (unpaired) electrons. The van der Waals surface area contributed by atoms with Gasteiger partial charge in [-0.25, -0.2) is 9.59 Å². The van der Waals surface area contributed by atoms with Crippen molar-refractivity contribution in [1.29, 1.82) is 0 Å². The number of hydrogen-bond acceptors (Lipinski definition) is 7. The first-order valence-electron chi connectivity index (χ1n) is 12.9. The minimum absolute atomic E-state index is 0.0432. The zero-order chi connectivity index (χ0) is 26.6. The first kappa shape index (κ1) is 28.0. The SMILES string of the molecule is C=CCCCOC1CCC(OC(=O)c2ccc(C=CC(=O)OCC(C)c3cc(N)cc(N)c3)cc2)CC1. The van der Waals surface area contributed by atoms with E-state index in [0.29, 0.717) is 16.9 Å². The Labute approximate surface area is 219 Å². The molecule has 0 bridgehead atoms. The quantitative estimate of drug-likeness (QED) is 0.125. The van der Waals surface area contributed by atoms with Crippen molar-refractivity contribution in [2.75, 3.05) is 24.7 Å². The third-order valence-electron chi connectivity index (χ3n) is 6.40. The molecule has 7 heteroatoms. The Kier molecular flexibility index (Phi) is 10.8. The number of nitrogens with two attached hydrogens (primary N) is 2. The molecule has 0 heterocycles. The van der Waals surface area contributed by atoms with Crippen molar-refractivity contribution in [3.05, 3.63) is 77.9 Å². The van der Waals surface area contributed by atoms with Crippen LogP contribution < -0.4 is 11.5 Å². The predicted molar refractivity (Wildman–Crippen MR) is 147 cm³/mol. The van der Waals surface area contributed by atoms with Gasteiger partial charge in [-0.15, -0.1) is 6.58 Å². The Morgan fingerprint density at radius 1 is 1.03 bits per heavy atom. The minimum atomic E-state index is -0.451. The monoisotopic (exact) mass is 506 g/mol. The van der Waals surface area contributed by atoms with Crippen LogP contribution in [0, 0.1) is 0 Å². The van der Waals surface area contributed by atoms with Crippen molar-refractivity contribution in [1.82, 2.24) is 0 Å². The van der Waals surface area contributed by atoms with Crippen LogP contribution in [0.5, 0.6) is 0 Å². The Morgan fingerprint density at radius 3 is 2.32 bits per heavy atom. The number of hydrogen-bond donors (Lipinski definition) is 2. The van der Waals surface area contributed by atoms with Crippen LogP contribution in [0.3, 0.4) is 0 Å². The molecular weight excluding hydrogens is 468 g/mol. The van der Waals surface area contributed by atoms with E-state index in [1.54, 1.807) is 36.4 Å². The summed E-state index contributed by atoms with van der Waals surface area (Å²) in [6.45, 7) is 6.62. The number of allylic oxidation sites excluding steroid dienone is 1. The zero-order valence-corrected chi connectivity index (χ0v) is 21.6. The molecule has 1 unspecified atom stereocenters. The van der Waals surface area contributed by atoms with Crippen LogP contribution in [-0.4, -0.2) is 37.4 Å². The van der Waals surface area contributed by atoms with Crippen molar-refractivity contribution in [3.63, 3.8) is 0 Å². The van der Waals surface area contributed by atoms with Crippen LogP contribution >= 0.6 is 0 Å². The molecule has 1 aliphatic rings. The minimum Gasteiger partial charge on any atom is -0.462 e. The highest BCUT2D eigenvalue weighted by Gasteiger charge is 2.24. The average molecular weight is 507 g/mol. The van der Waals surface area contributed by atoms with Gasteiger partial charge in [0.15, 0.2) is 0 Å². The van der Waals surface area contributed by atoms with Gasteiger partial charge < -0.3 is 25.7 Å². The van der Waals surface area contributed by atoms with Crippen molar-refractivity contribution in [3.8, 4) is 0 Å². The summed E-state index contributed by atoms with van der Waals surface area (Å²) < 4.78 is 16.9. The highest BCUT2D eigenvalue weighted by Crippen LogP contribution is 2.25. The maximum absolute atomic E-state index is 12.6. The highest BCUT2D eigenvalue weighted by atomic mass is 16.5. The second-order valence-electron chi connectivity index (χ2n) is 9.53. The van der Waals surface area contributed by atoms with Gasteiger partial charge in [0.05, 0.1) is 18.3 Å². The highest BCUT2D eigenvalue weighted by molar-refractivity contribution is 5.90. The molecule has 3 rings (SSSR count). The number of esters is 2. The standard InChI is InChI=1S/C30H38N2O5/c1-3-4-5-16-35-27-11-13-28(14-12-27)37-30(34)23-9-6-22(7-10-23)8-15-29(33)36-20-21(2)24-17-25(31)19-26(32)18-24/h3,6-10,15,17-19,21,27-28H,1,4-5,11-14,16,20,31-32H2,2H3. The van der Waals surface area contributed by atoms with Gasteiger partial charge >= 0.3 is 11.9 Å². The number of carbonyl (C=O) groups is 2. The van der Waals surface area contributed by atoms with E-state index in [0.717, 1.165) is 56.3 Å². The molecule has 2 aromatic carbocycles. The van der Waals surface area contributed by atoms with E-state index in [9.17, 15) is 9.59 Å². The fourth-order valence-corrected chi connectivity index (χ4v) is 4.25. The van der Waals surface area contributed by atoms with E-state index < -0.39 is 5.97 Å². The first-order valence-corrected chi connectivity index (χ1v) is 12.9. The maximum atomic E-state index is 12.6. The van der Waals surface area contributed by atoms with E-state index in [-0.39, 0.29) is 30.7 Å². The Bertz CT molecular complexity index is 1050. The summed E-state index contributed by atoms with van der Waals surface area (Å²) >= 11 is 0. The Morgan fingerprint density at radius 2 is 1.68 bits per heavy atom. The second-order valence-corrected chi connectivity index (χ2v) is 9.53. The molecule has 37 heavy (non-hydrogen) atoms. The number of benzene rings is 2. The summed E-state index contributed by atoms with van der Waals surface area (Å²) in [4.78, 5) is 24.7. The molecule has 1 fully saturated rings. The fourth-order valence-electron chi connectivity index (χ4n) is 4.25. The van der Waals surface area contributed by atoms with Gasteiger partial charge in [-0.05, 0) is 86.1 Å². The van der Waals surface area contributed by atoms with E-state index in [1.165, 1.54) is 6.08 Å². The lowest BCUT2D eigenvalue weighted by Gasteiger charge is -2.28. The smallest absolute Gasteiger partial charge is 0.338 e. The molecule has 0 aromatic heterocycles. The normalized spacial score (nSPS) is 18.3. The molecule has 1 atom stereocenters. The van der Waals surface area contributed by atoms with Gasteiger partial charge in [-0.1, -0.05) is 25.1 Å². The van der Waals surface area contributed by atoms with E-state index >= 15 is 0 Å². The Hall–Kier alpha value is -3.58. The van der Waals surface area contributed by atoms with Gasteiger partial charge in [-0.3, -0.25) is 0 Å². The zero-order valence-electron chi connectivity index (χ0n) is 21.6. The lowest BCUT2D eigenvalue weighted by molar-refractivity contribution is -0.138. The molecule has 0 spiro atoms. The summed E-state index contributed by atoms with van der Waals surface area (Å²) in [5.41, 5.74) is 15.0. The predicted octanol–water partition coefficient (Wildman–Crippen LogP) is 5.66. The van der Waals surface area contributed by atoms with Crippen molar-refractivity contribution in [2.45, 2.75) is 63.6 Å². The van der Waals surface area contributed by atoms with Crippen LogP contribution in [-0.2, 0) is 19.0 Å². The van der Waals surface area contributed by atoms with Gasteiger partial charge in [0.25, 0.3) is 0 Å². The number of ether oxygens (including phenoxy) is 3. The van der Waals surface area contributed by atoms with Crippen LogP contribution in [0.15, 0.2) is 61.2 Å². The topological polar surface area (TPSA) is 114 Å². The number of unbranched alkanes of at least 4 members (excludes halogenated alkanes) is 1. The van der Waals surface area contributed by atoms with Gasteiger partial charge in [0.2, 0.25) is 0 Å². The van der Waals surface area contributed by atoms with Crippen LogP contribution in [0.2, 0.25) is 0 Å². The summed E-state index contributed by atoms with van der Waals surface area (Å²) in [6, 6.07) is 12.3. The number of anilines is 2. The fraction of sp³-hybridized carbons (Fsp3) is 0.400. The van der Waals surface area contributed by atoms with E-state index in [2.05, 4.69) is 6.58 Å². The van der Waals surface area contributed by atoms with Crippen molar-refractivity contribution in [2.24, 2.45) is 0 Å². The molecule has 0 saturated heterocycles. The molecule has 0 amide bonds. The van der Waals surface area contributed by atoms with Gasteiger partial charge in [-0.2, -0.15) is 0 Å². The van der Waals surface area contributed by atoms with Gasteiger partial charge in [0.1, 0.15) is 6.10 Å². The summed E-state index contributed by atoms with van der Waals surface area (Å²) in [5.74, 6) is -0.827. The molecule has 1 aliphatic carbocycles. The molecule has 7 nitrogen and oxygen atoms in total. The van der Waals surface area contributed by atoms with E-state index in [1.807, 2.05) is 25.1 Å². The van der Waals surface area contributed by atoms with E-state index in [4.69, 9.17) is 25.7 Å². The lowest BCUT2D eigenvalue weighted by Crippen LogP contribution is -2.28. The lowest BCUT2D eigenvalue weighted by atomic mass is 9.95. The third kappa shape index (κ3) is 9.42. The van der Waals surface area contributed by atoms with Crippen LogP contribution in [0.25, 0.3) is 6.08 Å². The Balaban J connectivity index is 1.40. The number of nitrogen functional groups attached to an aromatic ring is 2. The largest absolute Gasteiger partial charge is 0.462 e. The van der Waals surface area contributed by atoms with Crippen molar-refractivity contribution >= 4 is 29.4 Å². The number of carbonyl (C=O) groups excluding carboxylic acids is 2. The van der Waals surface area contributed by atoms with Crippen LogP contribution in [0.1, 0.15) is 72.9 Å². The molecule has 2 aromatic rings. The average Bonchev–Trinajstić information content (AvgIpc) is 2.89. The molecule has 0 aliphatic heterocycles. The number of rotatable bonds is 12. The summed E-state index contributed by atoms with van der Waals surface area (Å²) in [7, 11) is 0. The molecule has 198 valence electrons. The summed E-state index contributed by atoms with van der Waals surface area (Å²) in [5, 5.41) is 0. The second kappa shape index (κ2) is 14.2. The third-order valence-corrected chi connectivity index (χ3v) is 6.40. The van der Waals surface area contributed by atoms with Crippen LogP contribution in [0.4, 0.5) is 11.4 Å².